The zero-order valence-electron chi connectivity index (χ0n) is 11.6. The first-order chi connectivity index (χ1) is 9.67. The minimum atomic E-state index is -0.0454. The Hall–Kier alpha value is -1.24. The van der Waals surface area contributed by atoms with Crippen LogP contribution in [-0.2, 0) is 13.0 Å². The van der Waals surface area contributed by atoms with Crippen molar-refractivity contribution in [3.8, 4) is 0 Å². The molecule has 4 nitrogen and oxygen atoms in total. The smallest absolute Gasteiger partial charge is 0.267 e. The van der Waals surface area contributed by atoms with Gasteiger partial charge < -0.3 is 0 Å². The number of aryl methyl sites for hydroxylation is 1. The Bertz CT molecular complexity index is 632. The molecule has 3 rings (SSSR count). The third-order valence-corrected chi connectivity index (χ3v) is 5.56. The van der Waals surface area contributed by atoms with Gasteiger partial charge in [-0.25, -0.2) is 4.98 Å². The van der Waals surface area contributed by atoms with Crippen molar-refractivity contribution in [2.24, 2.45) is 0 Å². The van der Waals surface area contributed by atoms with E-state index < -0.39 is 0 Å². The van der Waals surface area contributed by atoms with Crippen LogP contribution in [0.5, 0.6) is 0 Å². The maximum Gasteiger partial charge on any atom is 0.267 e. The predicted octanol–water partition coefficient (Wildman–Crippen LogP) is 3.14. The monoisotopic (exact) mass is 307 g/mol. The van der Waals surface area contributed by atoms with Crippen molar-refractivity contribution < 1.29 is 4.79 Å². The highest BCUT2D eigenvalue weighted by molar-refractivity contribution is 7.16. The van der Waals surface area contributed by atoms with Gasteiger partial charge in [0, 0.05) is 24.4 Å². The van der Waals surface area contributed by atoms with E-state index in [0.717, 1.165) is 47.3 Å². The summed E-state index contributed by atoms with van der Waals surface area (Å²) in [7, 11) is 0. The summed E-state index contributed by atoms with van der Waals surface area (Å²) in [6, 6.07) is 1.96. The van der Waals surface area contributed by atoms with E-state index in [9.17, 15) is 4.79 Å². The molecule has 0 radical (unpaired) electrons. The molecule has 1 N–H and O–H groups in total. The Balaban J connectivity index is 1.75. The first-order valence-electron chi connectivity index (χ1n) is 6.73. The van der Waals surface area contributed by atoms with E-state index in [1.807, 2.05) is 18.4 Å². The molecule has 0 fully saturated rings. The third-order valence-electron chi connectivity index (χ3n) is 3.55. The van der Waals surface area contributed by atoms with E-state index in [4.69, 9.17) is 0 Å². The average molecular weight is 307 g/mol. The molecule has 0 unspecified atom stereocenters. The van der Waals surface area contributed by atoms with Gasteiger partial charge >= 0.3 is 0 Å². The fourth-order valence-electron chi connectivity index (χ4n) is 2.33. The van der Waals surface area contributed by atoms with Crippen molar-refractivity contribution in [2.75, 3.05) is 18.4 Å². The summed E-state index contributed by atoms with van der Waals surface area (Å²) < 4.78 is 0. The van der Waals surface area contributed by atoms with Crippen LogP contribution in [0.25, 0.3) is 0 Å². The fourth-order valence-corrected chi connectivity index (χ4v) is 4.20. The van der Waals surface area contributed by atoms with Gasteiger partial charge in [-0.1, -0.05) is 6.92 Å². The number of hydrogen-bond donors (Lipinski definition) is 1. The Labute approximate surface area is 126 Å². The normalized spacial score (nSPS) is 15.1. The SMILES string of the molecule is CCN1CCc2nc(NC(=O)c3sccc3C)sc2C1. The van der Waals surface area contributed by atoms with Gasteiger partial charge in [0.1, 0.15) is 0 Å². The van der Waals surface area contributed by atoms with Gasteiger partial charge in [-0.3, -0.25) is 15.0 Å². The van der Waals surface area contributed by atoms with Gasteiger partial charge in [0.2, 0.25) is 0 Å². The van der Waals surface area contributed by atoms with Crippen LogP contribution in [0.15, 0.2) is 11.4 Å². The molecule has 0 saturated carbocycles. The first-order valence-corrected chi connectivity index (χ1v) is 8.43. The molecular weight excluding hydrogens is 290 g/mol. The highest BCUT2D eigenvalue weighted by Crippen LogP contribution is 2.29. The summed E-state index contributed by atoms with van der Waals surface area (Å²) in [5.41, 5.74) is 2.17. The van der Waals surface area contributed by atoms with E-state index in [2.05, 4.69) is 22.1 Å². The standard InChI is InChI=1S/C14H17N3OS2/c1-3-17-6-4-10-11(8-17)20-14(15-10)16-13(18)12-9(2)5-7-19-12/h5,7H,3-4,6,8H2,1-2H3,(H,15,16,18). The largest absolute Gasteiger partial charge is 0.298 e. The van der Waals surface area contributed by atoms with Crippen LogP contribution in [0.4, 0.5) is 5.13 Å². The molecule has 0 spiro atoms. The van der Waals surface area contributed by atoms with Crippen molar-refractivity contribution in [3.63, 3.8) is 0 Å². The quantitative estimate of drug-likeness (QED) is 0.947. The van der Waals surface area contributed by atoms with Gasteiger partial charge in [0.05, 0.1) is 10.6 Å². The van der Waals surface area contributed by atoms with Crippen LogP contribution >= 0.6 is 22.7 Å². The summed E-state index contributed by atoms with van der Waals surface area (Å²) in [6.07, 6.45) is 0.980. The molecule has 1 amide bonds. The number of amides is 1. The molecule has 6 heteroatoms. The number of anilines is 1. The van der Waals surface area contributed by atoms with Gasteiger partial charge in [0.25, 0.3) is 5.91 Å². The van der Waals surface area contributed by atoms with E-state index in [-0.39, 0.29) is 5.91 Å². The second-order valence-electron chi connectivity index (χ2n) is 4.89. The lowest BCUT2D eigenvalue weighted by Gasteiger charge is -2.23. The topological polar surface area (TPSA) is 45.2 Å². The van der Waals surface area contributed by atoms with Crippen LogP contribution < -0.4 is 5.32 Å². The zero-order chi connectivity index (χ0) is 14.1. The van der Waals surface area contributed by atoms with Crippen LogP contribution in [0.2, 0.25) is 0 Å². The maximum atomic E-state index is 12.2. The number of rotatable bonds is 3. The molecule has 1 aliphatic rings. The van der Waals surface area contributed by atoms with Crippen LogP contribution in [0, 0.1) is 6.92 Å². The van der Waals surface area contributed by atoms with Crippen molar-refractivity contribution >= 4 is 33.7 Å². The van der Waals surface area contributed by atoms with E-state index >= 15 is 0 Å². The van der Waals surface area contributed by atoms with Gasteiger partial charge in [-0.15, -0.1) is 22.7 Å². The number of likely N-dealkylation sites (N-methyl/N-ethyl adjacent to an activating group) is 1. The van der Waals surface area contributed by atoms with Crippen LogP contribution in [-0.4, -0.2) is 28.9 Å². The molecular formula is C14H17N3OS2. The number of carbonyl (C=O) groups is 1. The number of nitrogens with one attached hydrogen (secondary N) is 1. The Kier molecular flexibility index (Phi) is 3.87. The number of thiophene rings is 1. The summed E-state index contributed by atoms with van der Waals surface area (Å²) >= 11 is 3.08. The maximum absolute atomic E-state index is 12.2. The minimum Gasteiger partial charge on any atom is -0.298 e. The van der Waals surface area contributed by atoms with Crippen molar-refractivity contribution in [1.29, 1.82) is 0 Å². The molecule has 1 aliphatic heterocycles. The average Bonchev–Trinajstić information content (AvgIpc) is 3.03. The van der Waals surface area contributed by atoms with Crippen LogP contribution in [0.1, 0.15) is 32.7 Å². The van der Waals surface area contributed by atoms with E-state index in [1.54, 1.807) is 11.3 Å². The van der Waals surface area contributed by atoms with Crippen LogP contribution in [0.3, 0.4) is 0 Å². The number of fused-ring (bicyclic) bond motifs is 1. The molecule has 0 aliphatic carbocycles. The summed E-state index contributed by atoms with van der Waals surface area (Å²) in [4.78, 5) is 21.2. The fraction of sp³-hybridized carbons (Fsp3) is 0.429. The molecule has 0 atom stereocenters. The second kappa shape index (κ2) is 5.63. The number of nitrogens with zero attached hydrogens (tertiary/aromatic N) is 2. The predicted molar refractivity (Wildman–Crippen MR) is 83.8 cm³/mol. The first kappa shape index (κ1) is 13.7. The van der Waals surface area contributed by atoms with Crippen molar-refractivity contribution in [2.45, 2.75) is 26.8 Å². The summed E-state index contributed by atoms with van der Waals surface area (Å²) in [5, 5.41) is 5.60. The van der Waals surface area contributed by atoms with Crippen molar-refractivity contribution in [3.05, 3.63) is 32.5 Å². The molecule has 106 valence electrons. The molecule has 2 aromatic rings. The Morgan fingerprint density at radius 2 is 2.40 bits per heavy atom. The highest BCUT2D eigenvalue weighted by atomic mass is 32.1. The second-order valence-corrected chi connectivity index (χ2v) is 6.89. The van der Waals surface area contributed by atoms with Crippen molar-refractivity contribution in [1.82, 2.24) is 9.88 Å². The molecule has 0 saturated heterocycles. The molecule has 20 heavy (non-hydrogen) atoms. The Morgan fingerprint density at radius 3 is 3.10 bits per heavy atom. The number of carbonyl (C=O) groups excluding carboxylic acids is 1. The molecule has 0 bridgehead atoms. The third kappa shape index (κ3) is 2.63. The van der Waals surface area contributed by atoms with E-state index in [1.165, 1.54) is 16.2 Å². The zero-order valence-corrected chi connectivity index (χ0v) is 13.2. The summed E-state index contributed by atoms with van der Waals surface area (Å²) in [5.74, 6) is -0.0454. The lowest BCUT2D eigenvalue weighted by molar-refractivity contribution is 0.103. The van der Waals surface area contributed by atoms with Gasteiger partial charge in [-0.05, 0) is 30.5 Å². The van der Waals surface area contributed by atoms with Gasteiger partial charge in [-0.2, -0.15) is 0 Å². The highest BCUT2D eigenvalue weighted by Gasteiger charge is 2.21. The van der Waals surface area contributed by atoms with Gasteiger partial charge in [0.15, 0.2) is 5.13 Å². The minimum absolute atomic E-state index is 0.0454. The molecule has 2 aromatic heterocycles. The molecule has 3 heterocycles. The summed E-state index contributed by atoms with van der Waals surface area (Å²) in [6.45, 7) is 7.21. The molecule has 0 aromatic carbocycles. The Morgan fingerprint density at radius 1 is 1.55 bits per heavy atom. The van der Waals surface area contributed by atoms with E-state index in [0.29, 0.717) is 0 Å². The number of thiazole rings is 1. The lowest BCUT2D eigenvalue weighted by atomic mass is 10.2. The lowest BCUT2D eigenvalue weighted by Crippen LogP contribution is -2.29. The number of aromatic nitrogens is 1. The number of hydrogen-bond acceptors (Lipinski definition) is 5.